The maximum atomic E-state index is 10.4. The van der Waals surface area contributed by atoms with Gasteiger partial charge in [-0.3, -0.25) is 4.79 Å². The molecule has 0 bridgehead atoms. The molecular formula is C12H19NO2S. The minimum absolute atomic E-state index is 0.283. The molecule has 0 amide bonds. The van der Waals surface area contributed by atoms with E-state index in [0.29, 0.717) is 5.92 Å². The number of carbonyl (C=O) groups is 1. The highest BCUT2D eigenvalue weighted by molar-refractivity contribution is 7.07. The minimum Gasteiger partial charge on any atom is -0.481 e. The van der Waals surface area contributed by atoms with Gasteiger partial charge in [-0.05, 0) is 47.7 Å². The van der Waals surface area contributed by atoms with Crippen LogP contribution in [-0.4, -0.2) is 17.6 Å². The Labute approximate surface area is 100 Å². The van der Waals surface area contributed by atoms with Crippen molar-refractivity contribution in [3.63, 3.8) is 0 Å². The van der Waals surface area contributed by atoms with Crippen molar-refractivity contribution in [2.45, 2.75) is 32.7 Å². The smallest absolute Gasteiger partial charge is 0.303 e. The van der Waals surface area contributed by atoms with Gasteiger partial charge in [0.1, 0.15) is 0 Å². The Morgan fingerprint density at radius 1 is 1.56 bits per heavy atom. The summed E-state index contributed by atoms with van der Waals surface area (Å²) in [6, 6.07) is 2.12. The first-order valence-corrected chi connectivity index (χ1v) is 6.56. The number of hydrogen-bond acceptors (Lipinski definition) is 3. The van der Waals surface area contributed by atoms with Gasteiger partial charge in [0.2, 0.25) is 0 Å². The first-order valence-electron chi connectivity index (χ1n) is 5.62. The minimum atomic E-state index is -0.696. The molecule has 3 nitrogen and oxygen atoms in total. The summed E-state index contributed by atoms with van der Waals surface area (Å²) in [6.07, 6.45) is 2.10. The third-order valence-corrected chi connectivity index (χ3v) is 3.31. The third kappa shape index (κ3) is 5.88. The van der Waals surface area contributed by atoms with E-state index in [4.69, 9.17) is 5.11 Å². The maximum Gasteiger partial charge on any atom is 0.303 e. The highest BCUT2D eigenvalue weighted by Gasteiger charge is 2.04. The SMILES string of the molecule is CC(CCNCc1ccsc1)CCC(=O)O. The fourth-order valence-electron chi connectivity index (χ4n) is 1.49. The maximum absolute atomic E-state index is 10.4. The molecule has 1 rings (SSSR count). The Balaban J connectivity index is 2.00. The lowest BCUT2D eigenvalue weighted by Crippen LogP contribution is -2.17. The fourth-order valence-corrected chi connectivity index (χ4v) is 2.16. The van der Waals surface area contributed by atoms with Gasteiger partial charge in [0.05, 0.1) is 0 Å². The first kappa shape index (κ1) is 13.2. The molecule has 0 radical (unpaired) electrons. The van der Waals surface area contributed by atoms with Crippen LogP contribution in [0, 0.1) is 5.92 Å². The molecule has 1 aromatic heterocycles. The summed E-state index contributed by atoms with van der Waals surface area (Å²) in [6.45, 7) is 3.97. The molecule has 2 N–H and O–H groups in total. The molecule has 4 heteroatoms. The van der Waals surface area contributed by atoms with Crippen LogP contribution >= 0.6 is 11.3 Å². The van der Waals surface area contributed by atoms with Crippen molar-refractivity contribution in [2.75, 3.05) is 6.54 Å². The van der Waals surface area contributed by atoms with E-state index in [1.54, 1.807) is 11.3 Å². The molecule has 0 fully saturated rings. The summed E-state index contributed by atoms with van der Waals surface area (Å²) < 4.78 is 0. The molecule has 0 saturated carbocycles. The van der Waals surface area contributed by atoms with Gasteiger partial charge in [-0.25, -0.2) is 0 Å². The molecule has 1 atom stereocenters. The largest absolute Gasteiger partial charge is 0.481 e. The topological polar surface area (TPSA) is 49.3 Å². The van der Waals surface area contributed by atoms with Crippen molar-refractivity contribution in [1.29, 1.82) is 0 Å². The van der Waals surface area contributed by atoms with Crippen molar-refractivity contribution >= 4 is 17.3 Å². The molecule has 0 aromatic carbocycles. The zero-order chi connectivity index (χ0) is 11.8. The van der Waals surface area contributed by atoms with Gasteiger partial charge in [-0.15, -0.1) is 0 Å². The number of carboxylic acids is 1. The predicted molar refractivity (Wildman–Crippen MR) is 66.7 cm³/mol. The van der Waals surface area contributed by atoms with Gasteiger partial charge in [0.25, 0.3) is 0 Å². The summed E-state index contributed by atoms with van der Waals surface area (Å²) in [5.41, 5.74) is 1.32. The molecule has 0 aliphatic rings. The molecular weight excluding hydrogens is 222 g/mol. The average Bonchev–Trinajstić information content (AvgIpc) is 2.74. The Bertz CT molecular complexity index is 298. The van der Waals surface area contributed by atoms with E-state index in [-0.39, 0.29) is 6.42 Å². The molecule has 0 saturated heterocycles. The summed E-state index contributed by atoms with van der Waals surface area (Å²) in [5.74, 6) is -0.218. The van der Waals surface area contributed by atoms with E-state index in [9.17, 15) is 4.79 Å². The second kappa shape index (κ2) is 7.41. The van der Waals surface area contributed by atoms with Gasteiger partial charge in [0.15, 0.2) is 0 Å². The van der Waals surface area contributed by atoms with E-state index in [0.717, 1.165) is 25.9 Å². The van der Waals surface area contributed by atoms with Crippen LogP contribution in [-0.2, 0) is 11.3 Å². The Morgan fingerprint density at radius 3 is 3.00 bits per heavy atom. The second-order valence-electron chi connectivity index (χ2n) is 4.13. The van der Waals surface area contributed by atoms with Crippen LogP contribution in [0.2, 0.25) is 0 Å². The monoisotopic (exact) mass is 241 g/mol. The standard InChI is InChI=1S/C12H19NO2S/c1-10(2-3-12(14)15)4-6-13-8-11-5-7-16-9-11/h5,7,9-10,13H,2-4,6,8H2,1H3,(H,14,15). The van der Waals surface area contributed by atoms with Gasteiger partial charge in [-0.1, -0.05) is 6.92 Å². The molecule has 0 aliphatic carbocycles. The normalized spacial score (nSPS) is 12.6. The summed E-state index contributed by atoms with van der Waals surface area (Å²) in [7, 11) is 0. The van der Waals surface area contributed by atoms with Gasteiger partial charge >= 0.3 is 5.97 Å². The van der Waals surface area contributed by atoms with Crippen LogP contribution in [0.3, 0.4) is 0 Å². The number of hydrogen-bond donors (Lipinski definition) is 2. The van der Waals surface area contributed by atoms with E-state index >= 15 is 0 Å². The number of nitrogens with one attached hydrogen (secondary N) is 1. The number of thiophene rings is 1. The summed E-state index contributed by atoms with van der Waals surface area (Å²) in [4.78, 5) is 10.4. The van der Waals surface area contributed by atoms with Crippen LogP contribution < -0.4 is 5.32 Å². The average molecular weight is 241 g/mol. The van der Waals surface area contributed by atoms with Crippen LogP contribution in [0.25, 0.3) is 0 Å². The van der Waals surface area contributed by atoms with Crippen LogP contribution in [0.4, 0.5) is 0 Å². The lowest BCUT2D eigenvalue weighted by Gasteiger charge is -2.10. The lowest BCUT2D eigenvalue weighted by atomic mass is 10.0. The number of rotatable bonds is 8. The van der Waals surface area contributed by atoms with E-state index in [2.05, 4.69) is 29.1 Å². The van der Waals surface area contributed by atoms with Crippen LogP contribution in [0.1, 0.15) is 31.7 Å². The Hall–Kier alpha value is -0.870. The van der Waals surface area contributed by atoms with Crippen molar-refractivity contribution in [1.82, 2.24) is 5.32 Å². The number of aliphatic carboxylic acids is 1. The first-order chi connectivity index (χ1) is 7.68. The number of carboxylic acid groups (broad SMARTS) is 1. The molecule has 1 heterocycles. The molecule has 90 valence electrons. The van der Waals surface area contributed by atoms with Crippen molar-refractivity contribution in [2.24, 2.45) is 5.92 Å². The predicted octanol–water partition coefficient (Wildman–Crippen LogP) is 2.73. The molecule has 0 spiro atoms. The quantitative estimate of drug-likeness (QED) is 0.688. The van der Waals surface area contributed by atoms with Gasteiger partial charge < -0.3 is 10.4 Å². The molecule has 16 heavy (non-hydrogen) atoms. The van der Waals surface area contributed by atoms with Gasteiger partial charge in [0, 0.05) is 13.0 Å². The Morgan fingerprint density at radius 2 is 2.38 bits per heavy atom. The highest BCUT2D eigenvalue weighted by Crippen LogP contribution is 2.10. The van der Waals surface area contributed by atoms with E-state index in [1.807, 2.05) is 0 Å². The zero-order valence-corrected chi connectivity index (χ0v) is 10.4. The molecule has 1 unspecified atom stereocenters. The summed E-state index contributed by atoms with van der Waals surface area (Å²) >= 11 is 1.71. The fraction of sp³-hybridized carbons (Fsp3) is 0.583. The molecule has 1 aromatic rings. The van der Waals surface area contributed by atoms with Crippen LogP contribution in [0.5, 0.6) is 0 Å². The van der Waals surface area contributed by atoms with Crippen molar-refractivity contribution < 1.29 is 9.90 Å². The summed E-state index contributed by atoms with van der Waals surface area (Å²) in [5, 5.41) is 16.1. The van der Waals surface area contributed by atoms with E-state index < -0.39 is 5.97 Å². The second-order valence-corrected chi connectivity index (χ2v) is 4.91. The van der Waals surface area contributed by atoms with Crippen molar-refractivity contribution in [3.05, 3.63) is 22.4 Å². The third-order valence-electron chi connectivity index (χ3n) is 2.57. The lowest BCUT2D eigenvalue weighted by molar-refractivity contribution is -0.137. The Kier molecular flexibility index (Phi) is 6.11. The molecule has 0 aliphatic heterocycles. The van der Waals surface area contributed by atoms with Crippen molar-refractivity contribution in [3.8, 4) is 0 Å². The zero-order valence-electron chi connectivity index (χ0n) is 9.61. The highest BCUT2D eigenvalue weighted by atomic mass is 32.1. The van der Waals surface area contributed by atoms with E-state index in [1.165, 1.54) is 5.56 Å². The van der Waals surface area contributed by atoms with Gasteiger partial charge in [-0.2, -0.15) is 11.3 Å². The van der Waals surface area contributed by atoms with Crippen LogP contribution in [0.15, 0.2) is 16.8 Å².